The highest BCUT2D eigenvalue weighted by atomic mass is 16.3. The Balaban J connectivity index is 2.38. The molecule has 1 fully saturated rings. The van der Waals surface area contributed by atoms with Crippen molar-refractivity contribution < 1.29 is 9.90 Å². The Bertz CT molecular complexity index is 136. The summed E-state index contributed by atoms with van der Waals surface area (Å²) in [6, 6.07) is 0. The van der Waals surface area contributed by atoms with Crippen LogP contribution in [0, 0.1) is 5.92 Å². The molecule has 0 aliphatic heterocycles. The Morgan fingerprint density at radius 3 is 2.36 bits per heavy atom. The topological polar surface area (TPSA) is 37.3 Å². The van der Waals surface area contributed by atoms with Gasteiger partial charge in [0.25, 0.3) is 0 Å². The van der Waals surface area contributed by atoms with Crippen molar-refractivity contribution in [1.29, 1.82) is 0 Å². The van der Waals surface area contributed by atoms with Crippen molar-refractivity contribution in [2.45, 2.75) is 45.1 Å². The van der Waals surface area contributed by atoms with Gasteiger partial charge in [-0.1, -0.05) is 19.3 Å². The van der Waals surface area contributed by atoms with Crippen LogP contribution in [0.15, 0.2) is 0 Å². The summed E-state index contributed by atoms with van der Waals surface area (Å²) < 4.78 is 0. The van der Waals surface area contributed by atoms with Gasteiger partial charge in [0.05, 0.1) is 0 Å². The summed E-state index contributed by atoms with van der Waals surface area (Å²) in [6.45, 7) is 1.47. The van der Waals surface area contributed by atoms with E-state index in [9.17, 15) is 9.90 Å². The van der Waals surface area contributed by atoms with E-state index in [4.69, 9.17) is 0 Å². The molecule has 1 rings (SSSR count). The molecule has 1 atom stereocenters. The van der Waals surface area contributed by atoms with E-state index in [1.165, 1.54) is 26.2 Å². The normalized spacial score (nSPS) is 23.1. The molecule has 1 aliphatic carbocycles. The van der Waals surface area contributed by atoms with E-state index in [-0.39, 0.29) is 11.7 Å². The highest BCUT2D eigenvalue weighted by Crippen LogP contribution is 2.26. The molecule has 1 unspecified atom stereocenters. The van der Waals surface area contributed by atoms with Crippen LogP contribution in [0.4, 0.5) is 0 Å². The molecule has 11 heavy (non-hydrogen) atoms. The monoisotopic (exact) mass is 156 g/mol. The minimum absolute atomic E-state index is 0.0723. The van der Waals surface area contributed by atoms with Crippen molar-refractivity contribution in [1.82, 2.24) is 0 Å². The molecule has 2 nitrogen and oxygen atoms in total. The molecule has 1 saturated carbocycles. The quantitative estimate of drug-likeness (QED) is 0.658. The number of carbonyl (C=O) groups is 1. The van der Waals surface area contributed by atoms with Crippen molar-refractivity contribution in [2.24, 2.45) is 5.92 Å². The average molecular weight is 156 g/mol. The smallest absolute Gasteiger partial charge is 0.158 e. The number of carbonyl (C=O) groups excluding carboxylic acids is 1. The summed E-state index contributed by atoms with van der Waals surface area (Å²) in [5, 5.41) is 9.40. The zero-order chi connectivity index (χ0) is 8.27. The van der Waals surface area contributed by atoms with Gasteiger partial charge in [-0.15, -0.1) is 0 Å². The summed E-state index contributed by atoms with van der Waals surface area (Å²) in [6.07, 6.45) is 4.99. The number of Topliss-reactive ketones (excluding diaryl/α,β-unsaturated/α-hetero) is 1. The van der Waals surface area contributed by atoms with Gasteiger partial charge in [0.15, 0.2) is 5.78 Å². The Hall–Kier alpha value is -0.370. The highest BCUT2D eigenvalue weighted by molar-refractivity contribution is 5.80. The number of hydrogen-bond donors (Lipinski definition) is 1. The van der Waals surface area contributed by atoms with Crippen molar-refractivity contribution in [3.8, 4) is 0 Å². The fourth-order valence-electron chi connectivity index (χ4n) is 1.78. The zero-order valence-corrected chi connectivity index (χ0v) is 7.05. The van der Waals surface area contributed by atoms with E-state index in [0.29, 0.717) is 0 Å². The largest absolute Gasteiger partial charge is 0.385 e. The maximum Gasteiger partial charge on any atom is 0.158 e. The summed E-state index contributed by atoms with van der Waals surface area (Å²) in [4.78, 5) is 10.8. The molecule has 0 aromatic carbocycles. The van der Waals surface area contributed by atoms with E-state index < -0.39 is 6.10 Å². The molecule has 1 aliphatic rings. The van der Waals surface area contributed by atoms with Crippen molar-refractivity contribution in [2.75, 3.05) is 0 Å². The first-order valence-electron chi connectivity index (χ1n) is 4.40. The number of ketones is 1. The first-order valence-corrected chi connectivity index (χ1v) is 4.40. The van der Waals surface area contributed by atoms with Gasteiger partial charge in [0.2, 0.25) is 0 Å². The zero-order valence-electron chi connectivity index (χ0n) is 7.05. The van der Waals surface area contributed by atoms with Gasteiger partial charge in [-0.25, -0.2) is 0 Å². The molecule has 0 heterocycles. The molecule has 0 spiro atoms. The SMILES string of the molecule is CC(=O)C(O)C1CCCCC1. The molecular formula is C9H16O2. The van der Waals surface area contributed by atoms with Gasteiger partial charge >= 0.3 is 0 Å². The first kappa shape index (κ1) is 8.72. The van der Waals surface area contributed by atoms with Crippen LogP contribution in [0.5, 0.6) is 0 Å². The number of rotatable bonds is 2. The third kappa shape index (κ3) is 2.29. The fourth-order valence-corrected chi connectivity index (χ4v) is 1.78. The highest BCUT2D eigenvalue weighted by Gasteiger charge is 2.24. The maximum absolute atomic E-state index is 10.8. The van der Waals surface area contributed by atoms with Crippen molar-refractivity contribution in [3.05, 3.63) is 0 Å². The minimum atomic E-state index is -0.685. The van der Waals surface area contributed by atoms with Gasteiger partial charge < -0.3 is 5.11 Å². The average Bonchev–Trinajstić information content (AvgIpc) is 2.05. The molecule has 0 radical (unpaired) electrons. The summed E-state index contributed by atoms with van der Waals surface area (Å²) in [5.41, 5.74) is 0. The standard InChI is InChI=1S/C9H16O2/c1-7(10)9(11)8-5-3-2-4-6-8/h8-9,11H,2-6H2,1H3. The molecule has 0 aromatic heterocycles. The molecule has 1 N–H and O–H groups in total. The maximum atomic E-state index is 10.8. The van der Waals surface area contributed by atoms with E-state index in [2.05, 4.69) is 0 Å². The molecule has 0 bridgehead atoms. The van der Waals surface area contributed by atoms with Gasteiger partial charge in [-0.05, 0) is 25.7 Å². The summed E-state index contributed by atoms with van der Waals surface area (Å²) in [7, 11) is 0. The van der Waals surface area contributed by atoms with E-state index in [1.807, 2.05) is 0 Å². The Kier molecular flexibility index (Phi) is 3.06. The third-order valence-corrected chi connectivity index (χ3v) is 2.51. The lowest BCUT2D eigenvalue weighted by Crippen LogP contribution is -2.29. The predicted molar refractivity (Wildman–Crippen MR) is 43.3 cm³/mol. The van der Waals surface area contributed by atoms with Crippen LogP contribution in [0.3, 0.4) is 0 Å². The lowest BCUT2D eigenvalue weighted by atomic mass is 9.84. The molecule has 0 saturated heterocycles. The van der Waals surface area contributed by atoms with Crippen LogP contribution < -0.4 is 0 Å². The van der Waals surface area contributed by atoms with Gasteiger partial charge in [-0.3, -0.25) is 4.79 Å². The molecule has 0 amide bonds. The van der Waals surface area contributed by atoms with Crippen molar-refractivity contribution in [3.63, 3.8) is 0 Å². The second-order valence-electron chi connectivity index (χ2n) is 3.45. The van der Waals surface area contributed by atoms with Gasteiger partial charge in [0.1, 0.15) is 6.10 Å². The predicted octanol–water partition coefficient (Wildman–Crippen LogP) is 1.52. The Labute approximate surface area is 67.6 Å². The second-order valence-corrected chi connectivity index (χ2v) is 3.45. The van der Waals surface area contributed by atoms with Crippen LogP contribution in [-0.2, 0) is 4.79 Å². The number of aliphatic hydroxyl groups is 1. The van der Waals surface area contributed by atoms with Crippen LogP contribution in [-0.4, -0.2) is 17.0 Å². The molecular weight excluding hydrogens is 140 g/mol. The Morgan fingerprint density at radius 2 is 1.91 bits per heavy atom. The second kappa shape index (κ2) is 3.86. The van der Waals surface area contributed by atoms with Gasteiger partial charge in [-0.2, -0.15) is 0 Å². The van der Waals surface area contributed by atoms with Crippen LogP contribution in [0.2, 0.25) is 0 Å². The van der Waals surface area contributed by atoms with E-state index >= 15 is 0 Å². The van der Waals surface area contributed by atoms with Crippen LogP contribution in [0.25, 0.3) is 0 Å². The number of aliphatic hydroxyl groups excluding tert-OH is 1. The van der Waals surface area contributed by atoms with E-state index in [1.54, 1.807) is 0 Å². The fraction of sp³-hybridized carbons (Fsp3) is 0.889. The third-order valence-electron chi connectivity index (χ3n) is 2.51. The minimum Gasteiger partial charge on any atom is -0.385 e. The van der Waals surface area contributed by atoms with Crippen molar-refractivity contribution >= 4 is 5.78 Å². The summed E-state index contributed by atoms with van der Waals surface area (Å²) >= 11 is 0. The number of hydrogen-bond acceptors (Lipinski definition) is 2. The lowest BCUT2D eigenvalue weighted by molar-refractivity contribution is -0.128. The summed E-state index contributed by atoms with van der Waals surface area (Å²) in [5.74, 6) is 0.179. The van der Waals surface area contributed by atoms with E-state index in [0.717, 1.165) is 12.8 Å². The molecule has 2 heteroatoms. The van der Waals surface area contributed by atoms with Gasteiger partial charge in [0, 0.05) is 0 Å². The molecule has 64 valence electrons. The van der Waals surface area contributed by atoms with Crippen LogP contribution >= 0.6 is 0 Å². The lowest BCUT2D eigenvalue weighted by Gasteiger charge is -2.24. The first-order chi connectivity index (χ1) is 5.22. The Morgan fingerprint density at radius 1 is 1.36 bits per heavy atom. The molecule has 0 aromatic rings. The van der Waals surface area contributed by atoms with Crippen LogP contribution in [0.1, 0.15) is 39.0 Å².